The van der Waals surface area contributed by atoms with Crippen LogP contribution in [0.15, 0.2) is 67.0 Å². The Morgan fingerprint density at radius 3 is 2.42 bits per heavy atom. The lowest BCUT2D eigenvalue weighted by atomic mass is 10.1. The molecule has 3 heterocycles. The number of hydrogen-bond acceptors (Lipinski definition) is 6. The zero-order chi connectivity index (χ0) is 25.4. The standard InChI is InChI=1S/C25H19Cl2N5O3S/c26-18-2-1-3-19(27)21(18)22-23(24(28)33)32-10-8-20-17(25(32)31-22)12-15(13-30-20)14-4-6-16(7-5-14)29-9-11-36(34)35/h1-8,10,12-13,29,36H,9,11H2,(H2,28,33). The lowest BCUT2D eigenvalue weighted by Crippen LogP contribution is -2.15. The van der Waals surface area contributed by atoms with Gasteiger partial charge in [0.25, 0.3) is 5.91 Å². The summed E-state index contributed by atoms with van der Waals surface area (Å²) >= 11 is 12.8. The number of primary amides is 1. The number of carbonyl (C=O) groups is 1. The summed E-state index contributed by atoms with van der Waals surface area (Å²) in [5.41, 5.74) is 10.4. The summed E-state index contributed by atoms with van der Waals surface area (Å²) in [7, 11) is -2.42. The first-order valence-corrected chi connectivity index (χ1v) is 13.0. The first-order valence-electron chi connectivity index (χ1n) is 10.8. The predicted octanol–water partition coefficient (Wildman–Crippen LogP) is 4.65. The van der Waals surface area contributed by atoms with E-state index in [0.717, 1.165) is 16.8 Å². The van der Waals surface area contributed by atoms with Crippen molar-refractivity contribution in [2.45, 2.75) is 0 Å². The normalized spacial score (nSPS) is 11.4. The molecule has 5 rings (SSSR count). The number of aromatic nitrogens is 3. The van der Waals surface area contributed by atoms with Gasteiger partial charge in [0, 0.05) is 41.1 Å². The maximum absolute atomic E-state index is 12.5. The summed E-state index contributed by atoms with van der Waals surface area (Å²) in [6, 6.07) is 16.4. The molecule has 5 aromatic rings. The molecule has 0 aliphatic carbocycles. The number of benzene rings is 2. The molecule has 0 atom stereocenters. The Morgan fingerprint density at radius 1 is 1.03 bits per heavy atom. The molecule has 0 saturated heterocycles. The number of imidazole rings is 1. The van der Waals surface area contributed by atoms with Crippen LogP contribution in [0.5, 0.6) is 0 Å². The lowest BCUT2D eigenvalue weighted by Gasteiger charge is -2.08. The fourth-order valence-electron chi connectivity index (χ4n) is 4.06. The van der Waals surface area contributed by atoms with E-state index in [2.05, 4.69) is 10.3 Å². The second-order valence-corrected chi connectivity index (χ2v) is 9.92. The van der Waals surface area contributed by atoms with Crippen molar-refractivity contribution in [3.63, 3.8) is 0 Å². The van der Waals surface area contributed by atoms with Gasteiger partial charge in [-0.05, 0) is 42.0 Å². The fraction of sp³-hybridized carbons (Fsp3) is 0.0800. The highest BCUT2D eigenvalue weighted by molar-refractivity contribution is 7.72. The molecule has 8 nitrogen and oxygen atoms in total. The average molecular weight is 540 g/mol. The van der Waals surface area contributed by atoms with Crippen LogP contribution in [0.25, 0.3) is 38.9 Å². The van der Waals surface area contributed by atoms with Crippen molar-refractivity contribution < 1.29 is 13.2 Å². The quantitative estimate of drug-likeness (QED) is 0.259. The Morgan fingerprint density at radius 2 is 1.75 bits per heavy atom. The summed E-state index contributed by atoms with van der Waals surface area (Å²) < 4.78 is 23.1. The van der Waals surface area contributed by atoms with E-state index in [9.17, 15) is 13.2 Å². The fourth-order valence-corrected chi connectivity index (χ4v) is 4.93. The van der Waals surface area contributed by atoms with E-state index in [-0.39, 0.29) is 11.4 Å². The van der Waals surface area contributed by atoms with E-state index in [1.807, 2.05) is 30.3 Å². The highest BCUT2D eigenvalue weighted by atomic mass is 35.5. The van der Waals surface area contributed by atoms with Crippen LogP contribution in [-0.2, 0) is 10.7 Å². The maximum atomic E-state index is 12.5. The first-order chi connectivity index (χ1) is 17.3. The van der Waals surface area contributed by atoms with E-state index >= 15 is 0 Å². The van der Waals surface area contributed by atoms with Crippen molar-refractivity contribution in [1.82, 2.24) is 14.4 Å². The molecule has 0 bridgehead atoms. The number of carbonyl (C=O) groups excluding carboxylic acids is 1. The Labute approximate surface area is 217 Å². The third-order valence-corrected chi connectivity index (χ3v) is 6.95. The molecule has 2 aromatic carbocycles. The summed E-state index contributed by atoms with van der Waals surface area (Å²) in [4.78, 5) is 21.8. The molecule has 0 aliphatic heterocycles. The number of amides is 1. The van der Waals surface area contributed by atoms with E-state index in [1.54, 1.807) is 41.1 Å². The summed E-state index contributed by atoms with van der Waals surface area (Å²) in [5.74, 6) is -0.595. The highest BCUT2D eigenvalue weighted by Gasteiger charge is 2.23. The molecule has 3 N–H and O–H groups in total. The number of nitrogens with two attached hydrogens (primary N) is 1. The summed E-state index contributed by atoms with van der Waals surface area (Å²) in [5, 5.41) is 4.50. The molecule has 36 heavy (non-hydrogen) atoms. The van der Waals surface area contributed by atoms with E-state index in [1.165, 1.54) is 0 Å². The third-order valence-electron chi connectivity index (χ3n) is 5.73. The number of nitrogens with zero attached hydrogens (tertiary/aromatic N) is 3. The number of thiol groups is 1. The topological polar surface area (TPSA) is 119 Å². The van der Waals surface area contributed by atoms with Crippen LogP contribution in [0.4, 0.5) is 5.69 Å². The molecular weight excluding hydrogens is 521 g/mol. The van der Waals surface area contributed by atoms with Gasteiger partial charge in [0.1, 0.15) is 27.7 Å². The van der Waals surface area contributed by atoms with Gasteiger partial charge in [-0.1, -0.05) is 41.4 Å². The first kappa shape index (κ1) is 24.1. The van der Waals surface area contributed by atoms with Crippen LogP contribution in [0.1, 0.15) is 10.5 Å². The van der Waals surface area contributed by atoms with Crippen molar-refractivity contribution in [2.24, 2.45) is 5.73 Å². The molecule has 0 unspecified atom stereocenters. The molecular formula is C25H19Cl2N5O3S. The number of anilines is 1. The van der Waals surface area contributed by atoms with Crippen LogP contribution in [-0.4, -0.2) is 41.0 Å². The Balaban J connectivity index is 1.62. The Kier molecular flexibility index (Phi) is 6.53. The molecule has 0 spiro atoms. The summed E-state index contributed by atoms with van der Waals surface area (Å²) in [6.45, 7) is 0.341. The number of pyridine rings is 2. The second-order valence-electron chi connectivity index (χ2n) is 8.00. The molecule has 0 aliphatic rings. The number of hydrogen-bond donors (Lipinski definition) is 3. The predicted molar refractivity (Wildman–Crippen MR) is 144 cm³/mol. The van der Waals surface area contributed by atoms with Gasteiger partial charge in [-0.15, -0.1) is 0 Å². The molecule has 11 heteroatoms. The van der Waals surface area contributed by atoms with Gasteiger partial charge in [0.15, 0.2) is 0 Å². The second kappa shape index (κ2) is 9.77. The monoisotopic (exact) mass is 539 g/mol. The van der Waals surface area contributed by atoms with Gasteiger partial charge in [0.05, 0.1) is 21.3 Å². The zero-order valence-corrected chi connectivity index (χ0v) is 21.0. The maximum Gasteiger partial charge on any atom is 0.268 e. The van der Waals surface area contributed by atoms with Crippen LogP contribution < -0.4 is 11.1 Å². The minimum Gasteiger partial charge on any atom is -0.384 e. The largest absolute Gasteiger partial charge is 0.384 e. The number of halogens is 2. The van der Waals surface area contributed by atoms with Crippen molar-refractivity contribution in [1.29, 1.82) is 0 Å². The van der Waals surface area contributed by atoms with Crippen LogP contribution in [0.3, 0.4) is 0 Å². The van der Waals surface area contributed by atoms with Gasteiger partial charge in [-0.25, -0.2) is 13.4 Å². The SMILES string of the molecule is NC(=O)c1c(-c2c(Cl)cccc2Cl)nc2c3cc(-c4ccc(NCC[SH](=O)=O)cc4)cnc3ccn12. The smallest absolute Gasteiger partial charge is 0.268 e. The van der Waals surface area contributed by atoms with Crippen molar-refractivity contribution >= 4 is 62.1 Å². The van der Waals surface area contributed by atoms with Gasteiger partial charge in [0.2, 0.25) is 0 Å². The van der Waals surface area contributed by atoms with E-state index < -0.39 is 16.6 Å². The third kappa shape index (κ3) is 4.48. The molecule has 3 aromatic heterocycles. The number of nitrogens with one attached hydrogen (secondary N) is 1. The van der Waals surface area contributed by atoms with Crippen molar-refractivity contribution in [3.8, 4) is 22.4 Å². The van der Waals surface area contributed by atoms with Crippen LogP contribution >= 0.6 is 23.2 Å². The van der Waals surface area contributed by atoms with Crippen LogP contribution in [0.2, 0.25) is 10.0 Å². The Hall–Kier alpha value is -3.66. The molecule has 0 saturated carbocycles. The van der Waals surface area contributed by atoms with E-state index in [4.69, 9.17) is 33.9 Å². The lowest BCUT2D eigenvalue weighted by molar-refractivity contribution is 0.0995. The van der Waals surface area contributed by atoms with Crippen LogP contribution in [0, 0.1) is 0 Å². The molecule has 0 radical (unpaired) electrons. The summed E-state index contributed by atoms with van der Waals surface area (Å²) in [6.07, 6.45) is 3.45. The Bertz CT molecular complexity index is 1690. The highest BCUT2D eigenvalue weighted by Crippen LogP contribution is 2.37. The van der Waals surface area contributed by atoms with Gasteiger partial charge in [-0.3, -0.25) is 14.2 Å². The number of rotatable bonds is 7. The van der Waals surface area contributed by atoms with Crippen molar-refractivity contribution in [2.75, 3.05) is 17.6 Å². The minimum atomic E-state index is -2.42. The van der Waals surface area contributed by atoms with Gasteiger partial charge >= 0.3 is 0 Å². The van der Waals surface area contributed by atoms with Crippen molar-refractivity contribution in [3.05, 3.63) is 82.7 Å². The average Bonchev–Trinajstić information content (AvgIpc) is 3.24. The molecule has 182 valence electrons. The van der Waals surface area contributed by atoms with E-state index in [0.29, 0.717) is 44.4 Å². The van der Waals surface area contributed by atoms with Gasteiger partial charge in [-0.2, -0.15) is 0 Å². The molecule has 0 fully saturated rings. The number of fused-ring (bicyclic) bond motifs is 3. The zero-order valence-electron chi connectivity index (χ0n) is 18.6. The van der Waals surface area contributed by atoms with Gasteiger partial charge < -0.3 is 11.1 Å². The minimum absolute atomic E-state index is 0.0701. The molecule has 1 amide bonds.